The van der Waals surface area contributed by atoms with Gasteiger partial charge in [-0.3, -0.25) is 4.79 Å². The van der Waals surface area contributed by atoms with E-state index in [2.05, 4.69) is 0 Å². The van der Waals surface area contributed by atoms with Crippen LogP contribution in [0, 0.1) is 11.8 Å². The Hall–Kier alpha value is -0.340. The van der Waals surface area contributed by atoms with E-state index in [9.17, 15) is 4.79 Å². The third-order valence-corrected chi connectivity index (χ3v) is 4.03. The van der Waals surface area contributed by atoms with Crippen LogP contribution in [0.1, 0.15) is 19.8 Å². The van der Waals surface area contributed by atoms with Crippen molar-refractivity contribution >= 4 is 17.4 Å². The molecular weight excluding hydrogens is 188 g/mol. The number of carbonyl (C=O) groups is 1. The maximum Gasteiger partial charge on any atom is 0.163 e. The lowest BCUT2D eigenvalue weighted by molar-refractivity contribution is -0.122. The Bertz CT molecular complexity index is 323. The molecule has 4 atom stereocenters. The standard InChI is InChI=1S/C10H11ClO2/c1-10-3-2-7(13-10)8-5(11)4-6(12)9(8)10/h4,7-9H,2-3H2,1H3/t7-,8-,9-,10+/m0/s1. The molecule has 1 aliphatic carbocycles. The van der Waals surface area contributed by atoms with Crippen LogP contribution in [0.3, 0.4) is 0 Å². The third kappa shape index (κ3) is 0.810. The largest absolute Gasteiger partial charge is 0.371 e. The summed E-state index contributed by atoms with van der Waals surface area (Å²) in [5.74, 6) is 0.353. The lowest BCUT2D eigenvalue weighted by Crippen LogP contribution is -2.37. The van der Waals surface area contributed by atoms with Crippen molar-refractivity contribution in [2.24, 2.45) is 11.8 Å². The molecule has 2 nitrogen and oxygen atoms in total. The Balaban J connectivity index is 2.08. The van der Waals surface area contributed by atoms with E-state index in [1.807, 2.05) is 6.92 Å². The lowest BCUT2D eigenvalue weighted by Gasteiger charge is -2.27. The van der Waals surface area contributed by atoms with Crippen molar-refractivity contribution in [1.82, 2.24) is 0 Å². The Morgan fingerprint density at radius 1 is 1.69 bits per heavy atom. The number of fused-ring (bicyclic) bond motifs is 5. The minimum Gasteiger partial charge on any atom is -0.371 e. The van der Waals surface area contributed by atoms with Crippen molar-refractivity contribution in [2.75, 3.05) is 0 Å². The summed E-state index contributed by atoms with van der Waals surface area (Å²) in [6, 6.07) is 0. The number of halogens is 1. The summed E-state index contributed by atoms with van der Waals surface area (Å²) in [7, 11) is 0. The molecule has 2 saturated heterocycles. The van der Waals surface area contributed by atoms with Gasteiger partial charge in [0.1, 0.15) is 0 Å². The van der Waals surface area contributed by atoms with Gasteiger partial charge >= 0.3 is 0 Å². The van der Waals surface area contributed by atoms with E-state index in [0.29, 0.717) is 5.03 Å². The highest BCUT2D eigenvalue weighted by Crippen LogP contribution is 2.56. The molecule has 0 aromatic rings. The molecule has 3 heteroatoms. The molecule has 2 heterocycles. The first-order valence-corrected chi connectivity index (χ1v) is 5.08. The minimum absolute atomic E-state index is 0.0127. The van der Waals surface area contributed by atoms with Gasteiger partial charge in [-0.05, 0) is 25.8 Å². The quantitative estimate of drug-likeness (QED) is 0.594. The Morgan fingerprint density at radius 3 is 3.15 bits per heavy atom. The van der Waals surface area contributed by atoms with Crippen LogP contribution in [-0.2, 0) is 9.53 Å². The van der Waals surface area contributed by atoms with E-state index < -0.39 is 0 Å². The van der Waals surface area contributed by atoms with Gasteiger partial charge < -0.3 is 4.74 Å². The fourth-order valence-electron chi connectivity index (χ4n) is 3.11. The number of rotatable bonds is 0. The summed E-state index contributed by atoms with van der Waals surface area (Å²) in [5.41, 5.74) is -0.223. The number of hydrogen-bond donors (Lipinski definition) is 0. The zero-order chi connectivity index (χ0) is 9.22. The smallest absolute Gasteiger partial charge is 0.163 e. The van der Waals surface area contributed by atoms with Gasteiger partial charge in [0.05, 0.1) is 17.6 Å². The summed E-state index contributed by atoms with van der Waals surface area (Å²) >= 11 is 6.02. The molecule has 0 aromatic heterocycles. The van der Waals surface area contributed by atoms with Crippen LogP contribution in [-0.4, -0.2) is 17.5 Å². The number of hydrogen-bond acceptors (Lipinski definition) is 2. The predicted octanol–water partition coefficient (Wildman–Crippen LogP) is 1.88. The van der Waals surface area contributed by atoms with Gasteiger partial charge in [0.2, 0.25) is 0 Å². The maximum atomic E-state index is 11.6. The van der Waals surface area contributed by atoms with Crippen molar-refractivity contribution in [1.29, 1.82) is 0 Å². The van der Waals surface area contributed by atoms with Crippen LogP contribution < -0.4 is 0 Å². The topological polar surface area (TPSA) is 26.3 Å². The number of allylic oxidation sites excluding steroid dienone is 1. The van der Waals surface area contributed by atoms with Gasteiger partial charge in [0, 0.05) is 11.0 Å². The summed E-state index contributed by atoms with van der Waals surface area (Å²) in [4.78, 5) is 11.6. The second-order valence-electron chi connectivity index (χ2n) is 4.44. The molecule has 2 fully saturated rings. The number of ketones is 1. The van der Waals surface area contributed by atoms with Crippen LogP contribution in [0.5, 0.6) is 0 Å². The van der Waals surface area contributed by atoms with Crippen molar-refractivity contribution in [2.45, 2.75) is 31.5 Å². The van der Waals surface area contributed by atoms with Crippen LogP contribution >= 0.6 is 11.6 Å². The molecule has 0 spiro atoms. The van der Waals surface area contributed by atoms with E-state index in [0.717, 1.165) is 12.8 Å². The molecule has 2 aliphatic heterocycles. The first-order chi connectivity index (χ1) is 6.12. The monoisotopic (exact) mass is 198 g/mol. The molecule has 70 valence electrons. The summed E-state index contributed by atoms with van der Waals surface area (Å²) < 4.78 is 5.82. The van der Waals surface area contributed by atoms with Crippen molar-refractivity contribution in [3.8, 4) is 0 Å². The third-order valence-electron chi connectivity index (χ3n) is 3.67. The fourth-order valence-corrected chi connectivity index (χ4v) is 3.48. The van der Waals surface area contributed by atoms with Crippen LogP contribution in [0.25, 0.3) is 0 Å². The molecule has 0 amide bonds. The van der Waals surface area contributed by atoms with E-state index in [1.165, 1.54) is 0 Å². The zero-order valence-corrected chi connectivity index (χ0v) is 8.17. The van der Waals surface area contributed by atoms with Crippen LogP contribution in [0.2, 0.25) is 0 Å². The Kier molecular flexibility index (Phi) is 1.34. The fraction of sp³-hybridized carbons (Fsp3) is 0.700. The predicted molar refractivity (Wildman–Crippen MR) is 48.4 cm³/mol. The highest BCUT2D eigenvalue weighted by Gasteiger charge is 2.61. The van der Waals surface area contributed by atoms with Crippen LogP contribution in [0.15, 0.2) is 11.1 Å². The minimum atomic E-state index is -0.223. The van der Waals surface area contributed by atoms with Crippen LogP contribution in [0.4, 0.5) is 0 Å². The average Bonchev–Trinajstić information content (AvgIpc) is 2.62. The molecule has 3 rings (SSSR count). The lowest BCUT2D eigenvalue weighted by atomic mass is 9.74. The van der Waals surface area contributed by atoms with Crippen molar-refractivity contribution < 1.29 is 9.53 Å². The highest BCUT2D eigenvalue weighted by atomic mass is 35.5. The first kappa shape index (κ1) is 8.01. The molecule has 0 N–H and O–H groups in total. The van der Waals surface area contributed by atoms with Gasteiger partial charge in [-0.15, -0.1) is 0 Å². The van der Waals surface area contributed by atoms with Gasteiger partial charge in [0.15, 0.2) is 5.78 Å². The maximum absolute atomic E-state index is 11.6. The zero-order valence-electron chi connectivity index (χ0n) is 7.42. The molecular formula is C10H11ClO2. The molecule has 0 aromatic carbocycles. The molecule has 0 saturated carbocycles. The molecule has 2 bridgehead atoms. The molecule has 3 aliphatic rings. The van der Waals surface area contributed by atoms with Crippen molar-refractivity contribution in [3.63, 3.8) is 0 Å². The van der Waals surface area contributed by atoms with Crippen molar-refractivity contribution in [3.05, 3.63) is 11.1 Å². The normalized spacial score (nSPS) is 52.6. The van der Waals surface area contributed by atoms with Gasteiger partial charge in [-0.1, -0.05) is 11.6 Å². The molecule has 0 radical (unpaired) electrons. The van der Waals surface area contributed by atoms with E-state index in [4.69, 9.17) is 16.3 Å². The molecule has 0 unspecified atom stereocenters. The van der Waals surface area contributed by atoms with E-state index in [-0.39, 0.29) is 29.3 Å². The van der Waals surface area contributed by atoms with E-state index >= 15 is 0 Å². The first-order valence-electron chi connectivity index (χ1n) is 4.70. The summed E-state index contributed by atoms with van der Waals surface area (Å²) in [5, 5.41) is 0.712. The Morgan fingerprint density at radius 2 is 2.46 bits per heavy atom. The molecule has 13 heavy (non-hydrogen) atoms. The number of ether oxygens (including phenoxy) is 1. The van der Waals surface area contributed by atoms with Gasteiger partial charge in [-0.2, -0.15) is 0 Å². The SMILES string of the molecule is C[C@]12CC[C@H](O1)[C@@H]1C(Cl)=CC(=O)[C@@H]12. The average molecular weight is 199 g/mol. The summed E-state index contributed by atoms with van der Waals surface area (Å²) in [6.07, 6.45) is 3.85. The van der Waals surface area contributed by atoms with E-state index in [1.54, 1.807) is 6.08 Å². The Labute approximate surface area is 81.9 Å². The highest BCUT2D eigenvalue weighted by molar-refractivity contribution is 6.33. The number of carbonyl (C=O) groups excluding carboxylic acids is 1. The second-order valence-corrected chi connectivity index (χ2v) is 4.88. The second kappa shape index (κ2) is 2.18. The van der Waals surface area contributed by atoms with Gasteiger partial charge in [-0.25, -0.2) is 0 Å². The van der Waals surface area contributed by atoms with Gasteiger partial charge in [0.25, 0.3) is 0 Å². The summed E-state index contributed by atoms with van der Waals surface area (Å²) in [6.45, 7) is 2.04.